The zero-order chi connectivity index (χ0) is 22.8. The van der Waals surface area contributed by atoms with Crippen molar-refractivity contribution in [2.24, 2.45) is 4.99 Å². The number of likely N-dealkylation sites (N-methyl/N-ethyl adjacent to an activating group) is 1. The molecule has 2 heterocycles. The van der Waals surface area contributed by atoms with Crippen molar-refractivity contribution in [1.82, 2.24) is 15.5 Å². The van der Waals surface area contributed by atoms with Crippen molar-refractivity contribution in [3.63, 3.8) is 0 Å². The zero-order valence-corrected chi connectivity index (χ0v) is 22.4. The van der Waals surface area contributed by atoms with E-state index in [9.17, 15) is 0 Å². The van der Waals surface area contributed by atoms with E-state index in [0.29, 0.717) is 29.8 Å². The van der Waals surface area contributed by atoms with Crippen LogP contribution in [0.2, 0.25) is 0 Å². The van der Waals surface area contributed by atoms with E-state index in [-0.39, 0.29) is 24.0 Å². The molecule has 1 fully saturated rings. The first-order valence-electron chi connectivity index (χ1n) is 11.3. The van der Waals surface area contributed by atoms with Crippen LogP contribution in [0.1, 0.15) is 31.1 Å². The van der Waals surface area contributed by atoms with Crippen molar-refractivity contribution < 1.29 is 18.6 Å². The number of benzene rings is 1. The second-order valence-electron chi connectivity index (χ2n) is 7.76. The second-order valence-corrected chi connectivity index (χ2v) is 7.76. The number of rotatable bonds is 11. The van der Waals surface area contributed by atoms with Gasteiger partial charge in [-0.2, -0.15) is 0 Å². The molecule has 33 heavy (non-hydrogen) atoms. The SMILES string of the molecule is CCN1CCCC1CNC(=NCc1cc(OC)c(OC)c(OC)c1)NCCc1ccco1.I. The third kappa shape index (κ3) is 7.70. The lowest BCUT2D eigenvalue weighted by molar-refractivity contribution is 0.267. The van der Waals surface area contributed by atoms with Gasteiger partial charge in [-0.05, 0) is 55.8 Å². The van der Waals surface area contributed by atoms with Crippen molar-refractivity contribution in [3.8, 4) is 17.2 Å². The molecule has 2 N–H and O–H groups in total. The number of likely N-dealkylation sites (tertiary alicyclic amines) is 1. The third-order valence-corrected chi connectivity index (χ3v) is 5.80. The Labute approximate surface area is 214 Å². The number of furan rings is 1. The highest BCUT2D eigenvalue weighted by atomic mass is 127. The largest absolute Gasteiger partial charge is 0.493 e. The summed E-state index contributed by atoms with van der Waals surface area (Å²) in [6.45, 7) is 6.56. The lowest BCUT2D eigenvalue weighted by Gasteiger charge is -2.24. The van der Waals surface area contributed by atoms with Gasteiger partial charge in [0.05, 0.1) is 34.1 Å². The highest BCUT2D eigenvalue weighted by molar-refractivity contribution is 14.0. The Morgan fingerprint density at radius 2 is 1.91 bits per heavy atom. The van der Waals surface area contributed by atoms with Crippen LogP contribution in [-0.2, 0) is 13.0 Å². The maximum Gasteiger partial charge on any atom is 0.203 e. The minimum Gasteiger partial charge on any atom is -0.493 e. The Morgan fingerprint density at radius 3 is 2.52 bits per heavy atom. The highest BCUT2D eigenvalue weighted by Crippen LogP contribution is 2.38. The predicted octanol–water partition coefficient (Wildman–Crippen LogP) is 3.69. The molecule has 0 radical (unpaired) electrons. The van der Waals surface area contributed by atoms with Gasteiger partial charge in [0, 0.05) is 25.6 Å². The Hall–Kier alpha value is -2.14. The molecule has 0 saturated carbocycles. The highest BCUT2D eigenvalue weighted by Gasteiger charge is 2.22. The molecule has 1 saturated heterocycles. The normalized spacial score (nSPS) is 16.2. The fourth-order valence-corrected chi connectivity index (χ4v) is 4.09. The van der Waals surface area contributed by atoms with E-state index in [1.807, 2.05) is 24.3 Å². The molecule has 1 atom stereocenters. The summed E-state index contributed by atoms with van der Waals surface area (Å²) in [5.74, 6) is 3.57. The molecule has 0 bridgehead atoms. The van der Waals surface area contributed by atoms with Crippen LogP contribution in [0.25, 0.3) is 0 Å². The molecule has 9 heteroatoms. The van der Waals surface area contributed by atoms with E-state index >= 15 is 0 Å². The van der Waals surface area contributed by atoms with Crippen LogP contribution in [0.15, 0.2) is 39.9 Å². The third-order valence-electron chi connectivity index (χ3n) is 5.80. The van der Waals surface area contributed by atoms with Gasteiger partial charge in [-0.1, -0.05) is 6.92 Å². The fourth-order valence-electron chi connectivity index (χ4n) is 4.09. The van der Waals surface area contributed by atoms with E-state index in [4.69, 9.17) is 23.6 Å². The van der Waals surface area contributed by atoms with E-state index in [0.717, 1.165) is 43.3 Å². The molecule has 2 aromatic rings. The van der Waals surface area contributed by atoms with Gasteiger partial charge in [-0.15, -0.1) is 24.0 Å². The number of hydrogen-bond acceptors (Lipinski definition) is 6. The molecule has 0 amide bonds. The molecular weight excluding hydrogens is 535 g/mol. The number of nitrogens with zero attached hydrogens (tertiary/aromatic N) is 2. The lowest BCUT2D eigenvalue weighted by atomic mass is 10.2. The minimum absolute atomic E-state index is 0. The second kappa shape index (κ2) is 14.2. The Kier molecular flexibility index (Phi) is 11.7. The van der Waals surface area contributed by atoms with Crippen molar-refractivity contribution in [2.75, 3.05) is 47.5 Å². The molecule has 1 unspecified atom stereocenters. The van der Waals surface area contributed by atoms with E-state index in [1.165, 1.54) is 19.4 Å². The molecule has 0 aliphatic carbocycles. The first-order valence-corrected chi connectivity index (χ1v) is 11.3. The van der Waals surface area contributed by atoms with Gasteiger partial charge in [0.1, 0.15) is 5.76 Å². The molecule has 1 aliphatic rings. The standard InChI is InChI=1S/C24H36N4O4.HI/c1-5-28-12-6-8-19(28)17-27-24(25-11-10-20-9-7-13-32-20)26-16-18-14-21(29-2)23(31-4)22(15-18)30-3;/h7,9,13-15,19H,5-6,8,10-12,16-17H2,1-4H3,(H2,25,26,27);1H. The van der Waals surface area contributed by atoms with Crippen LogP contribution in [-0.4, -0.2) is 64.4 Å². The Morgan fingerprint density at radius 1 is 1.15 bits per heavy atom. The van der Waals surface area contributed by atoms with Crippen molar-refractivity contribution in [1.29, 1.82) is 0 Å². The fraction of sp³-hybridized carbons (Fsp3) is 0.542. The van der Waals surface area contributed by atoms with Crippen LogP contribution in [0.4, 0.5) is 0 Å². The average molecular weight is 572 g/mol. The summed E-state index contributed by atoms with van der Waals surface area (Å²) in [6, 6.07) is 8.30. The monoisotopic (exact) mass is 572 g/mol. The summed E-state index contributed by atoms with van der Waals surface area (Å²) in [5, 5.41) is 6.97. The summed E-state index contributed by atoms with van der Waals surface area (Å²) >= 11 is 0. The van der Waals surface area contributed by atoms with Crippen LogP contribution in [0, 0.1) is 0 Å². The first-order chi connectivity index (χ1) is 15.7. The number of nitrogens with one attached hydrogen (secondary N) is 2. The van der Waals surface area contributed by atoms with Crippen molar-refractivity contribution in [2.45, 2.75) is 38.8 Å². The Bertz CT molecular complexity index is 835. The van der Waals surface area contributed by atoms with E-state index in [1.54, 1.807) is 27.6 Å². The van der Waals surface area contributed by atoms with Gasteiger partial charge < -0.3 is 29.3 Å². The smallest absolute Gasteiger partial charge is 0.203 e. The van der Waals surface area contributed by atoms with Gasteiger partial charge in [0.15, 0.2) is 17.5 Å². The van der Waals surface area contributed by atoms with Crippen LogP contribution >= 0.6 is 24.0 Å². The Balaban J connectivity index is 0.00000385. The number of methoxy groups -OCH3 is 3. The van der Waals surface area contributed by atoms with E-state index in [2.05, 4.69) is 22.5 Å². The number of halogens is 1. The number of aliphatic imine (C=N–C) groups is 1. The minimum atomic E-state index is 0. The summed E-state index contributed by atoms with van der Waals surface area (Å²) in [7, 11) is 4.84. The molecule has 0 spiro atoms. The van der Waals surface area contributed by atoms with Crippen LogP contribution in [0.3, 0.4) is 0 Å². The molecular formula is C24H37IN4O4. The summed E-state index contributed by atoms with van der Waals surface area (Å²) < 4.78 is 21.8. The molecule has 184 valence electrons. The summed E-state index contributed by atoms with van der Waals surface area (Å²) in [4.78, 5) is 7.34. The maximum atomic E-state index is 5.47. The number of hydrogen-bond donors (Lipinski definition) is 2. The van der Waals surface area contributed by atoms with E-state index < -0.39 is 0 Å². The van der Waals surface area contributed by atoms with Crippen LogP contribution < -0.4 is 24.8 Å². The quantitative estimate of drug-likeness (QED) is 0.242. The average Bonchev–Trinajstić information content (AvgIpc) is 3.51. The first kappa shape index (κ1) is 27.1. The summed E-state index contributed by atoms with van der Waals surface area (Å²) in [6.07, 6.45) is 4.96. The van der Waals surface area contributed by atoms with Crippen molar-refractivity contribution in [3.05, 3.63) is 41.9 Å². The summed E-state index contributed by atoms with van der Waals surface area (Å²) in [5.41, 5.74) is 0.975. The number of guanidine groups is 1. The predicted molar refractivity (Wildman–Crippen MR) is 141 cm³/mol. The van der Waals surface area contributed by atoms with Crippen LogP contribution in [0.5, 0.6) is 17.2 Å². The molecule has 3 rings (SSSR count). The maximum absolute atomic E-state index is 5.47. The van der Waals surface area contributed by atoms with Gasteiger partial charge in [0.25, 0.3) is 0 Å². The zero-order valence-electron chi connectivity index (χ0n) is 20.1. The van der Waals surface area contributed by atoms with Gasteiger partial charge >= 0.3 is 0 Å². The van der Waals surface area contributed by atoms with Gasteiger partial charge in [0.2, 0.25) is 5.75 Å². The lowest BCUT2D eigenvalue weighted by Crippen LogP contribution is -2.45. The molecule has 1 aromatic heterocycles. The molecule has 1 aliphatic heterocycles. The number of ether oxygens (including phenoxy) is 3. The molecule has 1 aromatic carbocycles. The van der Waals surface area contributed by atoms with Gasteiger partial charge in [-0.3, -0.25) is 4.90 Å². The van der Waals surface area contributed by atoms with Gasteiger partial charge in [-0.25, -0.2) is 4.99 Å². The van der Waals surface area contributed by atoms with Crippen molar-refractivity contribution >= 4 is 29.9 Å². The topological polar surface area (TPSA) is 80.5 Å². The molecule has 8 nitrogen and oxygen atoms in total.